The lowest BCUT2D eigenvalue weighted by atomic mass is 10.0. The predicted octanol–water partition coefficient (Wildman–Crippen LogP) is 7.09. The van der Waals surface area contributed by atoms with E-state index in [2.05, 4.69) is 5.32 Å². The molecule has 0 fully saturated rings. The van der Waals surface area contributed by atoms with Crippen molar-refractivity contribution in [1.29, 1.82) is 0 Å². The highest BCUT2D eigenvalue weighted by Gasteiger charge is 2.31. The molecule has 0 unspecified atom stereocenters. The van der Waals surface area contributed by atoms with Crippen molar-refractivity contribution < 1.29 is 9.59 Å². The summed E-state index contributed by atoms with van der Waals surface area (Å²) in [6, 6.07) is 22.6. The lowest BCUT2D eigenvalue weighted by Crippen LogP contribution is -2.52. The third-order valence-electron chi connectivity index (χ3n) is 6.41. The fraction of sp³-hybridized carbons (Fsp3) is 0.333. The van der Waals surface area contributed by atoms with Gasteiger partial charge in [0.15, 0.2) is 0 Å². The second kappa shape index (κ2) is 14.5. The summed E-state index contributed by atoms with van der Waals surface area (Å²) in [5, 5.41) is 4.27. The fourth-order valence-electron chi connectivity index (χ4n) is 3.96. The van der Waals surface area contributed by atoms with Crippen LogP contribution in [0, 0.1) is 6.92 Å². The molecule has 37 heavy (non-hydrogen) atoms. The molecule has 0 bridgehead atoms. The molecule has 0 spiro atoms. The smallest absolute Gasteiger partial charge is 0.243 e. The summed E-state index contributed by atoms with van der Waals surface area (Å²) in [6.45, 7) is 6.39. The number of carbonyl (C=O) groups excluding carboxylic acids is 2. The molecule has 0 heterocycles. The molecule has 0 aliphatic carbocycles. The number of hydrogen-bond donors (Lipinski definition) is 1. The third-order valence-corrected chi connectivity index (χ3v) is 8.06. The molecule has 1 N–H and O–H groups in total. The van der Waals surface area contributed by atoms with E-state index in [-0.39, 0.29) is 23.6 Å². The van der Waals surface area contributed by atoms with E-state index in [4.69, 9.17) is 23.2 Å². The molecular formula is C30H34Cl2N2O2S. The summed E-state index contributed by atoms with van der Waals surface area (Å²) in [5.74, 6) is 0.469. The largest absolute Gasteiger partial charge is 0.352 e. The minimum Gasteiger partial charge on any atom is -0.352 e. The molecule has 2 atom stereocenters. The minimum absolute atomic E-state index is 0.0120. The van der Waals surface area contributed by atoms with Crippen molar-refractivity contribution in [2.24, 2.45) is 0 Å². The number of nitrogens with one attached hydrogen (secondary N) is 1. The number of rotatable bonds is 12. The summed E-state index contributed by atoms with van der Waals surface area (Å²) in [5.41, 5.74) is 3.91. The molecule has 0 radical (unpaired) electrons. The van der Waals surface area contributed by atoms with Crippen LogP contribution >= 0.6 is 35.0 Å². The Morgan fingerprint density at radius 1 is 0.946 bits per heavy atom. The van der Waals surface area contributed by atoms with Gasteiger partial charge in [0.1, 0.15) is 6.04 Å². The van der Waals surface area contributed by atoms with E-state index in [9.17, 15) is 9.59 Å². The number of aryl methyl sites for hydroxylation is 1. The number of hydrogen-bond acceptors (Lipinski definition) is 3. The Kier molecular flexibility index (Phi) is 11.4. The number of nitrogens with zero attached hydrogens (tertiary/aromatic N) is 1. The molecule has 3 rings (SSSR count). The summed E-state index contributed by atoms with van der Waals surface area (Å²) in [6.07, 6.45) is 1.24. The molecule has 0 aliphatic heterocycles. The molecule has 7 heteroatoms. The van der Waals surface area contributed by atoms with E-state index in [1.54, 1.807) is 23.1 Å². The standard InChI is InChI=1S/C30H34Cl2N2O2S/c1-4-22(3)33-30(36)28(17-23-12-6-5-7-13-23)34(18-24-14-9-8-11-21(24)2)29(35)20-37-19-25-26(31)15-10-16-27(25)32/h5-16,22,28H,4,17-20H2,1-3H3,(H,33,36)/t22-,28-/m1/s1. The van der Waals surface area contributed by atoms with Gasteiger partial charge >= 0.3 is 0 Å². The highest BCUT2D eigenvalue weighted by Crippen LogP contribution is 2.28. The Morgan fingerprint density at radius 2 is 1.59 bits per heavy atom. The van der Waals surface area contributed by atoms with Gasteiger partial charge in [-0.2, -0.15) is 0 Å². The molecule has 3 aromatic rings. The first kappa shape index (κ1) is 29.1. The summed E-state index contributed by atoms with van der Waals surface area (Å²) < 4.78 is 0. The van der Waals surface area contributed by atoms with Crippen LogP contribution in [0.2, 0.25) is 10.0 Å². The van der Waals surface area contributed by atoms with Crippen molar-refractivity contribution >= 4 is 46.8 Å². The van der Waals surface area contributed by atoms with Crippen molar-refractivity contribution in [3.8, 4) is 0 Å². The summed E-state index contributed by atoms with van der Waals surface area (Å²) >= 11 is 14.1. The Hall–Kier alpha value is -2.47. The maximum atomic E-state index is 13.8. The minimum atomic E-state index is -0.645. The first-order chi connectivity index (χ1) is 17.8. The van der Waals surface area contributed by atoms with Crippen LogP contribution in [0.25, 0.3) is 0 Å². The van der Waals surface area contributed by atoms with Gasteiger partial charge < -0.3 is 10.2 Å². The molecule has 0 saturated carbocycles. The maximum Gasteiger partial charge on any atom is 0.243 e. The van der Waals surface area contributed by atoms with Crippen LogP contribution in [0.4, 0.5) is 0 Å². The van der Waals surface area contributed by atoms with Crippen LogP contribution < -0.4 is 5.32 Å². The molecule has 196 valence electrons. The highest BCUT2D eigenvalue weighted by molar-refractivity contribution is 7.99. The first-order valence-electron chi connectivity index (χ1n) is 12.5. The Bertz CT molecular complexity index is 1170. The van der Waals surface area contributed by atoms with Gasteiger partial charge in [-0.3, -0.25) is 9.59 Å². The Morgan fingerprint density at radius 3 is 2.24 bits per heavy atom. The second-order valence-corrected chi connectivity index (χ2v) is 11.0. The predicted molar refractivity (Wildman–Crippen MR) is 156 cm³/mol. The van der Waals surface area contributed by atoms with Gasteiger partial charge in [0.05, 0.1) is 5.75 Å². The van der Waals surface area contributed by atoms with Gasteiger partial charge in [0.2, 0.25) is 11.8 Å². The third kappa shape index (κ3) is 8.53. The van der Waals surface area contributed by atoms with E-state index in [0.717, 1.165) is 28.7 Å². The van der Waals surface area contributed by atoms with Crippen LogP contribution in [0.1, 0.15) is 42.5 Å². The molecule has 3 aromatic carbocycles. The second-order valence-electron chi connectivity index (χ2n) is 9.16. The van der Waals surface area contributed by atoms with Gasteiger partial charge in [-0.15, -0.1) is 11.8 Å². The SMILES string of the molecule is CC[C@@H](C)NC(=O)[C@@H](Cc1ccccc1)N(Cc1ccccc1C)C(=O)CSCc1c(Cl)cccc1Cl. The topological polar surface area (TPSA) is 49.4 Å². The molecular weight excluding hydrogens is 523 g/mol. The van der Waals surface area contributed by atoms with Crippen LogP contribution in [0.3, 0.4) is 0 Å². The summed E-state index contributed by atoms with van der Waals surface area (Å²) in [7, 11) is 0. The van der Waals surface area contributed by atoms with Crippen molar-refractivity contribution in [1.82, 2.24) is 10.2 Å². The molecule has 0 aromatic heterocycles. The summed E-state index contributed by atoms with van der Waals surface area (Å²) in [4.78, 5) is 29.1. The van der Waals surface area contributed by atoms with Crippen molar-refractivity contribution in [3.05, 3.63) is 105 Å². The number of thioether (sulfide) groups is 1. The first-order valence-corrected chi connectivity index (χ1v) is 14.4. The monoisotopic (exact) mass is 556 g/mol. The van der Waals surface area contributed by atoms with Gasteiger partial charge in [-0.25, -0.2) is 0 Å². The zero-order valence-electron chi connectivity index (χ0n) is 21.5. The highest BCUT2D eigenvalue weighted by atomic mass is 35.5. The van der Waals surface area contributed by atoms with Crippen LogP contribution in [0.5, 0.6) is 0 Å². The number of halogens is 2. The van der Waals surface area contributed by atoms with E-state index >= 15 is 0 Å². The maximum absolute atomic E-state index is 13.8. The van der Waals surface area contributed by atoms with Gasteiger partial charge in [0.25, 0.3) is 0 Å². The van der Waals surface area contributed by atoms with Gasteiger partial charge in [0, 0.05) is 34.8 Å². The van der Waals surface area contributed by atoms with Crippen LogP contribution in [-0.4, -0.2) is 34.6 Å². The lowest BCUT2D eigenvalue weighted by Gasteiger charge is -2.32. The van der Waals surface area contributed by atoms with Crippen LogP contribution in [-0.2, 0) is 28.3 Å². The van der Waals surface area contributed by atoms with E-state index in [1.807, 2.05) is 75.4 Å². The van der Waals surface area contributed by atoms with E-state index in [1.165, 1.54) is 11.8 Å². The van der Waals surface area contributed by atoms with E-state index in [0.29, 0.717) is 28.8 Å². The van der Waals surface area contributed by atoms with Gasteiger partial charge in [-0.05, 0) is 54.7 Å². The molecule has 2 amide bonds. The number of amides is 2. The zero-order valence-corrected chi connectivity index (χ0v) is 23.9. The Labute approximate surface area is 234 Å². The lowest BCUT2D eigenvalue weighted by molar-refractivity contribution is -0.139. The van der Waals surface area contributed by atoms with Crippen molar-refractivity contribution in [2.75, 3.05) is 5.75 Å². The molecule has 0 saturated heterocycles. The average Bonchev–Trinajstić information content (AvgIpc) is 2.89. The van der Waals surface area contributed by atoms with Gasteiger partial charge in [-0.1, -0.05) is 90.8 Å². The van der Waals surface area contributed by atoms with Crippen LogP contribution in [0.15, 0.2) is 72.8 Å². The number of benzene rings is 3. The van der Waals surface area contributed by atoms with E-state index < -0.39 is 6.04 Å². The van der Waals surface area contributed by atoms with Crippen molar-refractivity contribution in [3.63, 3.8) is 0 Å². The fourth-order valence-corrected chi connectivity index (χ4v) is 5.61. The molecule has 0 aliphatic rings. The zero-order chi connectivity index (χ0) is 26.8. The average molecular weight is 558 g/mol. The quantitative estimate of drug-likeness (QED) is 0.259. The Balaban J connectivity index is 1.89. The van der Waals surface area contributed by atoms with Crippen molar-refractivity contribution in [2.45, 2.75) is 58.0 Å². The molecule has 4 nitrogen and oxygen atoms in total. The normalized spacial score (nSPS) is 12.6. The number of carbonyl (C=O) groups is 2.